The Morgan fingerprint density at radius 1 is 1.35 bits per heavy atom. The maximum Gasteiger partial charge on any atom is 0.225 e. The predicted molar refractivity (Wildman–Crippen MR) is 92.3 cm³/mol. The van der Waals surface area contributed by atoms with Gasteiger partial charge >= 0.3 is 0 Å². The fourth-order valence-electron chi connectivity index (χ4n) is 4.07. The SMILES string of the molecule is Cn1nc(CC(C)(C)C)cc1NC(=O)CC1CC2CCC(C1)N2. The maximum absolute atomic E-state index is 12.4. The van der Waals surface area contributed by atoms with Gasteiger partial charge < -0.3 is 10.6 Å². The zero-order valence-corrected chi connectivity index (χ0v) is 14.9. The Morgan fingerprint density at radius 2 is 2.00 bits per heavy atom. The van der Waals surface area contributed by atoms with E-state index in [0.29, 0.717) is 24.4 Å². The van der Waals surface area contributed by atoms with E-state index in [9.17, 15) is 4.79 Å². The molecule has 2 atom stereocenters. The zero-order valence-electron chi connectivity index (χ0n) is 14.9. The third-order valence-electron chi connectivity index (χ3n) is 4.95. The summed E-state index contributed by atoms with van der Waals surface area (Å²) in [6.07, 6.45) is 6.39. The van der Waals surface area contributed by atoms with Crippen molar-refractivity contribution in [1.82, 2.24) is 15.1 Å². The lowest BCUT2D eigenvalue weighted by molar-refractivity contribution is -0.117. The molecular formula is C18H30N4O. The number of aryl methyl sites for hydroxylation is 1. The van der Waals surface area contributed by atoms with Gasteiger partial charge in [-0.25, -0.2) is 0 Å². The first-order valence-corrected chi connectivity index (χ1v) is 8.87. The molecule has 23 heavy (non-hydrogen) atoms. The molecule has 2 aliphatic heterocycles. The minimum atomic E-state index is 0.126. The van der Waals surface area contributed by atoms with Crippen molar-refractivity contribution < 1.29 is 4.79 Å². The highest BCUT2D eigenvalue weighted by atomic mass is 16.1. The van der Waals surface area contributed by atoms with Gasteiger partial charge in [-0.15, -0.1) is 0 Å². The van der Waals surface area contributed by atoms with E-state index in [-0.39, 0.29) is 11.3 Å². The van der Waals surface area contributed by atoms with Crippen LogP contribution in [0, 0.1) is 11.3 Å². The normalized spacial score (nSPS) is 27.2. The van der Waals surface area contributed by atoms with Crippen LogP contribution in [0.3, 0.4) is 0 Å². The number of hydrogen-bond acceptors (Lipinski definition) is 3. The maximum atomic E-state index is 12.4. The summed E-state index contributed by atoms with van der Waals surface area (Å²) in [4.78, 5) is 12.4. The molecule has 1 aromatic heterocycles. The van der Waals surface area contributed by atoms with Crippen molar-refractivity contribution in [1.29, 1.82) is 0 Å². The van der Waals surface area contributed by atoms with Crippen LogP contribution >= 0.6 is 0 Å². The number of hydrogen-bond donors (Lipinski definition) is 2. The Kier molecular flexibility index (Phi) is 4.50. The number of amides is 1. The first kappa shape index (κ1) is 16.5. The minimum absolute atomic E-state index is 0.126. The highest BCUT2D eigenvalue weighted by molar-refractivity contribution is 5.90. The van der Waals surface area contributed by atoms with E-state index in [4.69, 9.17) is 0 Å². The molecule has 1 amide bonds. The monoisotopic (exact) mass is 318 g/mol. The highest BCUT2D eigenvalue weighted by Crippen LogP contribution is 2.32. The third kappa shape index (κ3) is 4.34. The lowest BCUT2D eigenvalue weighted by Crippen LogP contribution is -2.39. The van der Waals surface area contributed by atoms with Crippen LogP contribution in [0.15, 0.2) is 6.07 Å². The Morgan fingerprint density at radius 3 is 2.61 bits per heavy atom. The first-order valence-electron chi connectivity index (χ1n) is 8.87. The van der Waals surface area contributed by atoms with E-state index in [1.54, 1.807) is 4.68 Å². The van der Waals surface area contributed by atoms with Gasteiger partial charge in [0.25, 0.3) is 0 Å². The molecule has 0 saturated carbocycles. The number of anilines is 1. The third-order valence-corrected chi connectivity index (χ3v) is 4.95. The Bertz CT molecular complexity index is 560. The van der Waals surface area contributed by atoms with Crippen molar-refractivity contribution in [3.63, 3.8) is 0 Å². The predicted octanol–water partition coefficient (Wildman–Crippen LogP) is 2.87. The number of nitrogens with one attached hydrogen (secondary N) is 2. The molecule has 0 aliphatic carbocycles. The van der Waals surface area contributed by atoms with Crippen molar-refractivity contribution in [2.45, 2.75) is 71.4 Å². The highest BCUT2D eigenvalue weighted by Gasteiger charge is 2.34. The summed E-state index contributed by atoms with van der Waals surface area (Å²) in [5.74, 6) is 1.46. The molecule has 3 heterocycles. The van der Waals surface area contributed by atoms with Crippen LogP contribution in [0.4, 0.5) is 5.82 Å². The molecule has 0 spiro atoms. The Balaban J connectivity index is 1.55. The number of carbonyl (C=O) groups is 1. The fourth-order valence-corrected chi connectivity index (χ4v) is 4.07. The van der Waals surface area contributed by atoms with Crippen LogP contribution in [0.2, 0.25) is 0 Å². The van der Waals surface area contributed by atoms with Crippen molar-refractivity contribution in [2.24, 2.45) is 18.4 Å². The first-order chi connectivity index (χ1) is 10.8. The lowest BCUT2D eigenvalue weighted by atomic mass is 9.89. The molecule has 128 valence electrons. The van der Waals surface area contributed by atoms with Crippen LogP contribution < -0.4 is 10.6 Å². The number of nitrogens with zero attached hydrogens (tertiary/aromatic N) is 2. The summed E-state index contributed by atoms with van der Waals surface area (Å²) in [6, 6.07) is 3.29. The molecule has 2 N–H and O–H groups in total. The molecule has 1 aromatic rings. The lowest BCUT2D eigenvalue weighted by Gasteiger charge is -2.28. The molecule has 0 aromatic carbocycles. The van der Waals surface area contributed by atoms with Crippen molar-refractivity contribution in [2.75, 3.05) is 5.32 Å². The van der Waals surface area contributed by atoms with Gasteiger partial charge in [0.2, 0.25) is 5.91 Å². The van der Waals surface area contributed by atoms with Gasteiger partial charge in [0.15, 0.2) is 0 Å². The molecular weight excluding hydrogens is 288 g/mol. The van der Waals surface area contributed by atoms with Crippen LogP contribution in [-0.4, -0.2) is 27.8 Å². The Hall–Kier alpha value is -1.36. The number of aromatic nitrogens is 2. The average molecular weight is 318 g/mol. The second kappa shape index (κ2) is 6.27. The Labute approximate surface area is 139 Å². The van der Waals surface area contributed by atoms with Crippen LogP contribution in [0.25, 0.3) is 0 Å². The molecule has 2 saturated heterocycles. The van der Waals surface area contributed by atoms with Gasteiger partial charge in [-0.1, -0.05) is 20.8 Å². The number of carbonyl (C=O) groups excluding carboxylic acids is 1. The van der Waals surface area contributed by atoms with Crippen LogP contribution in [0.5, 0.6) is 0 Å². The van der Waals surface area contributed by atoms with Gasteiger partial charge in [-0.3, -0.25) is 9.48 Å². The molecule has 2 unspecified atom stereocenters. The molecule has 5 nitrogen and oxygen atoms in total. The van der Waals surface area contributed by atoms with Crippen molar-refractivity contribution in [3.05, 3.63) is 11.8 Å². The molecule has 2 bridgehead atoms. The minimum Gasteiger partial charge on any atom is -0.311 e. The van der Waals surface area contributed by atoms with E-state index in [0.717, 1.165) is 30.8 Å². The van der Waals surface area contributed by atoms with Crippen molar-refractivity contribution >= 4 is 11.7 Å². The van der Waals surface area contributed by atoms with Crippen LogP contribution in [-0.2, 0) is 18.3 Å². The molecule has 2 fully saturated rings. The summed E-state index contributed by atoms with van der Waals surface area (Å²) in [7, 11) is 1.90. The smallest absolute Gasteiger partial charge is 0.225 e. The largest absolute Gasteiger partial charge is 0.311 e. The summed E-state index contributed by atoms with van der Waals surface area (Å²) in [6.45, 7) is 6.60. The quantitative estimate of drug-likeness (QED) is 0.897. The molecule has 0 radical (unpaired) electrons. The van der Waals surface area contributed by atoms with E-state index in [1.807, 2.05) is 13.1 Å². The van der Waals surface area contributed by atoms with Gasteiger partial charge in [0.05, 0.1) is 5.69 Å². The molecule has 2 aliphatic rings. The van der Waals surface area contributed by atoms with Gasteiger partial charge in [0, 0.05) is 31.6 Å². The average Bonchev–Trinajstić information content (AvgIpc) is 2.90. The second-order valence-corrected chi connectivity index (χ2v) is 8.61. The van der Waals surface area contributed by atoms with Gasteiger partial charge in [0.1, 0.15) is 5.82 Å². The van der Waals surface area contributed by atoms with Gasteiger partial charge in [-0.05, 0) is 43.4 Å². The number of rotatable bonds is 4. The van der Waals surface area contributed by atoms with Crippen molar-refractivity contribution in [3.8, 4) is 0 Å². The summed E-state index contributed by atoms with van der Waals surface area (Å²) in [5, 5.41) is 11.2. The van der Waals surface area contributed by atoms with E-state index in [2.05, 4.69) is 36.5 Å². The number of fused-ring (bicyclic) bond motifs is 2. The molecule has 5 heteroatoms. The summed E-state index contributed by atoms with van der Waals surface area (Å²) >= 11 is 0. The van der Waals surface area contributed by atoms with E-state index >= 15 is 0 Å². The van der Waals surface area contributed by atoms with E-state index in [1.165, 1.54) is 12.8 Å². The number of piperidine rings is 1. The second-order valence-electron chi connectivity index (χ2n) is 8.61. The topological polar surface area (TPSA) is 59.0 Å². The van der Waals surface area contributed by atoms with Gasteiger partial charge in [-0.2, -0.15) is 5.10 Å². The standard InChI is InChI=1S/C18H30N4O/c1-18(2,3)11-15-10-16(22(4)21-15)20-17(23)9-12-7-13-5-6-14(8-12)19-13/h10,12-14,19H,5-9,11H2,1-4H3,(H,20,23). The summed E-state index contributed by atoms with van der Waals surface area (Å²) < 4.78 is 1.78. The molecule has 3 rings (SSSR count). The van der Waals surface area contributed by atoms with E-state index < -0.39 is 0 Å². The fraction of sp³-hybridized carbons (Fsp3) is 0.778. The zero-order chi connectivity index (χ0) is 16.6. The van der Waals surface area contributed by atoms with Crippen LogP contribution in [0.1, 0.15) is 58.6 Å². The summed E-state index contributed by atoms with van der Waals surface area (Å²) in [5.41, 5.74) is 1.24.